The molecule has 0 aliphatic carbocycles. The predicted molar refractivity (Wildman–Crippen MR) is 120 cm³/mol. The molecule has 0 saturated carbocycles. The molecule has 3 aromatic rings. The number of aromatic nitrogens is 2. The third-order valence-corrected chi connectivity index (χ3v) is 6.60. The minimum atomic E-state index is -3.61. The minimum absolute atomic E-state index is 0.0606. The number of carbonyl (C=O) groups excluding carboxylic acids is 1. The smallest absolute Gasteiger partial charge is 0.322 e. The van der Waals surface area contributed by atoms with Crippen LogP contribution in [0.15, 0.2) is 57.8 Å². The minimum Gasteiger partial charge on any atom is -0.497 e. The number of amides is 1. The highest BCUT2D eigenvalue weighted by Gasteiger charge is 2.23. The van der Waals surface area contributed by atoms with Crippen molar-refractivity contribution < 1.29 is 22.4 Å². The van der Waals surface area contributed by atoms with E-state index in [0.29, 0.717) is 24.4 Å². The second-order valence-corrected chi connectivity index (χ2v) is 8.96. The van der Waals surface area contributed by atoms with Crippen LogP contribution in [0, 0.1) is 0 Å². The van der Waals surface area contributed by atoms with Crippen LogP contribution in [0.25, 0.3) is 11.5 Å². The zero-order valence-corrected chi connectivity index (χ0v) is 19.1. The molecule has 0 saturated heterocycles. The van der Waals surface area contributed by atoms with Crippen LogP contribution in [0.2, 0.25) is 0 Å². The molecule has 0 aliphatic rings. The molecule has 32 heavy (non-hydrogen) atoms. The molecule has 0 radical (unpaired) electrons. The highest BCUT2D eigenvalue weighted by Crippen LogP contribution is 2.23. The van der Waals surface area contributed by atoms with Gasteiger partial charge >= 0.3 is 6.01 Å². The molecule has 0 atom stereocenters. The number of hydrogen-bond acceptors (Lipinski definition) is 7. The van der Waals surface area contributed by atoms with Crippen LogP contribution in [0.3, 0.4) is 0 Å². The van der Waals surface area contributed by atoms with Crippen molar-refractivity contribution in [3.8, 4) is 17.2 Å². The number of methoxy groups -OCH3 is 1. The number of nitrogens with one attached hydrogen (secondary N) is 1. The second kappa shape index (κ2) is 10.4. The maximum Gasteiger partial charge on any atom is 0.322 e. The maximum absolute atomic E-state index is 12.8. The summed E-state index contributed by atoms with van der Waals surface area (Å²) < 4.78 is 37.8. The first kappa shape index (κ1) is 23.4. The lowest BCUT2D eigenvalue weighted by atomic mass is 10.2. The Bertz CT molecular complexity index is 1140. The van der Waals surface area contributed by atoms with Crippen LogP contribution in [0.5, 0.6) is 5.75 Å². The van der Waals surface area contributed by atoms with Crippen molar-refractivity contribution >= 4 is 21.9 Å². The van der Waals surface area contributed by atoms with Gasteiger partial charge in [-0.25, -0.2) is 8.42 Å². The van der Waals surface area contributed by atoms with E-state index in [1.54, 1.807) is 31.4 Å². The average molecular weight is 459 g/mol. The first-order valence-electron chi connectivity index (χ1n) is 10.3. The van der Waals surface area contributed by atoms with Crippen molar-refractivity contribution in [2.75, 3.05) is 25.5 Å². The van der Waals surface area contributed by atoms with Crippen molar-refractivity contribution in [2.45, 2.75) is 31.6 Å². The number of ether oxygens (including phenoxy) is 1. The molecular weight excluding hydrogens is 432 g/mol. The molecule has 2 aromatic carbocycles. The maximum atomic E-state index is 12.8. The van der Waals surface area contributed by atoms with Crippen molar-refractivity contribution in [3.05, 3.63) is 54.1 Å². The van der Waals surface area contributed by atoms with E-state index in [0.717, 1.165) is 12.8 Å². The lowest BCUT2D eigenvalue weighted by molar-refractivity contribution is 0.102. The van der Waals surface area contributed by atoms with Crippen molar-refractivity contribution in [3.63, 3.8) is 0 Å². The third-order valence-electron chi connectivity index (χ3n) is 4.68. The summed E-state index contributed by atoms with van der Waals surface area (Å²) in [4.78, 5) is 12.7. The fraction of sp³-hybridized carbons (Fsp3) is 0.318. The molecule has 0 bridgehead atoms. The van der Waals surface area contributed by atoms with Gasteiger partial charge in [0.05, 0.1) is 12.0 Å². The summed E-state index contributed by atoms with van der Waals surface area (Å²) in [6.45, 7) is 4.77. The molecule has 1 amide bonds. The number of rotatable bonds is 10. The van der Waals surface area contributed by atoms with Gasteiger partial charge in [-0.1, -0.05) is 18.9 Å². The summed E-state index contributed by atoms with van der Waals surface area (Å²) in [6, 6.07) is 12.8. The third kappa shape index (κ3) is 5.32. The van der Waals surface area contributed by atoms with Gasteiger partial charge in [-0.2, -0.15) is 4.31 Å². The molecule has 9 nitrogen and oxygen atoms in total. The van der Waals surface area contributed by atoms with Crippen molar-refractivity contribution in [1.82, 2.24) is 14.5 Å². The first-order valence-corrected chi connectivity index (χ1v) is 11.7. The van der Waals surface area contributed by atoms with Gasteiger partial charge in [-0.05, 0) is 61.4 Å². The molecule has 1 aromatic heterocycles. The van der Waals surface area contributed by atoms with E-state index in [1.165, 1.54) is 28.6 Å². The standard InChI is InChI=1S/C22H26N4O5S/c1-4-14-26(15-5-2)32(28,29)19-12-8-16(9-13-19)20(27)23-22-25-24-21(31-22)17-6-10-18(30-3)11-7-17/h6-13H,4-5,14-15H2,1-3H3,(H,23,25,27). The topological polar surface area (TPSA) is 115 Å². The Balaban J connectivity index is 1.70. The van der Waals surface area contributed by atoms with Gasteiger partial charge in [0, 0.05) is 24.2 Å². The van der Waals surface area contributed by atoms with E-state index >= 15 is 0 Å². The summed E-state index contributed by atoms with van der Waals surface area (Å²) in [7, 11) is -2.03. The van der Waals surface area contributed by atoms with E-state index in [1.807, 2.05) is 13.8 Å². The van der Waals surface area contributed by atoms with Crippen molar-refractivity contribution in [1.29, 1.82) is 0 Å². The second-order valence-electron chi connectivity index (χ2n) is 7.02. The van der Waals surface area contributed by atoms with Crippen LogP contribution in [-0.2, 0) is 10.0 Å². The molecule has 3 rings (SSSR count). The molecule has 1 N–H and O–H groups in total. The fourth-order valence-corrected chi connectivity index (χ4v) is 4.70. The molecule has 1 heterocycles. The van der Waals surface area contributed by atoms with Crippen LogP contribution in [0.1, 0.15) is 37.0 Å². The van der Waals surface area contributed by atoms with Gasteiger partial charge in [-0.15, -0.1) is 5.10 Å². The molecule has 10 heteroatoms. The van der Waals surface area contributed by atoms with Gasteiger partial charge < -0.3 is 9.15 Å². The Morgan fingerprint density at radius 3 is 2.19 bits per heavy atom. The normalized spacial score (nSPS) is 11.5. The number of hydrogen-bond donors (Lipinski definition) is 1. The first-order chi connectivity index (χ1) is 15.4. The molecule has 0 unspecified atom stereocenters. The SMILES string of the molecule is CCCN(CCC)S(=O)(=O)c1ccc(C(=O)Nc2nnc(-c3ccc(OC)cc3)o2)cc1. The van der Waals surface area contributed by atoms with Gasteiger partial charge in [0.25, 0.3) is 5.91 Å². The van der Waals surface area contributed by atoms with Crippen LogP contribution >= 0.6 is 0 Å². The largest absolute Gasteiger partial charge is 0.497 e. The number of anilines is 1. The Morgan fingerprint density at radius 1 is 1.00 bits per heavy atom. The monoisotopic (exact) mass is 458 g/mol. The van der Waals surface area contributed by atoms with E-state index in [9.17, 15) is 13.2 Å². The van der Waals surface area contributed by atoms with E-state index in [4.69, 9.17) is 9.15 Å². The Labute approximate surface area is 187 Å². The summed E-state index contributed by atoms with van der Waals surface area (Å²) in [6.07, 6.45) is 1.45. The van der Waals surface area contributed by atoms with Crippen molar-refractivity contribution in [2.24, 2.45) is 0 Å². The summed E-state index contributed by atoms with van der Waals surface area (Å²) >= 11 is 0. The average Bonchev–Trinajstić information content (AvgIpc) is 3.27. The van der Waals surface area contributed by atoms with Gasteiger partial charge in [0.1, 0.15) is 5.75 Å². The predicted octanol–water partition coefficient (Wildman–Crippen LogP) is 3.81. The molecule has 0 aliphatic heterocycles. The van der Waals surface area contributed by atoms with Crippen LogP contribution in [-0.4, -0.2) is 49.0 Å². The highest BCUT2D eigenvalue weighted by atomic mass is 32.2. The Morgan fingerprint density at radius 2 is 1.62 bits per heavy atom. The quantitative estimate of drug-likeness (QED) is 0.491. The molecule has 0 spiro atoms. The van der Waals surface area contributed by atoms with Gasteiger partial charge in [-0.3, -0.25) is 10.1 Å². The molecule has 170 valence electrons. The molecular formula is C22H26N4O5S. The number of nitrogens with zero attached hydrogens (tertiary/aromatic N) is 3. The van der Waals surface area contributed by atoms with Gasteiger partial charge in [0.15, 0.2) is 0 Å². The highest BCUT2D eigenvalue weighted by molar-refractivity contribution is 7.89. The summed E-state index contributed by atoms with van der Waals surface area (Å²) in [5.41, 5.74) is 0.947. The summed E-state index contributed by atoms with van der Waals surface area (Å²) in [5, 5.41) is 10.3. The zero-order valence-electron chi connectivity index (χ0n) is 18.2. The number of sulfonamides is 1. The Kier molecular flexibility index (Phi) is 7.60. The van der Waals surface area contributed by atoms with Gasteiger partial charge in [0.2, 0.25) is 15.9 Å². The van der Waals surface area contributed by atoms with Crippen LogP contribution < -0.4 is 10.1 Å². The number of benzene rings is 2. The van der Waals surface area contributed by atoms with E-state index < -0.39 is 15.9 Å². The lowest BCUT2D eigenvalue weighted by Gasteiger charge is -2.21. The fourth-order valence-electron chi connectivity index (χ4n) is 3.07. The zero-order chi connectivity index (χ0) is 23.1. The molecule has 0 fully saturated rings. The summed E-state index contributed by atoms with van der Waals surface area (Å²) in [5.74, 6) is 0.453. The Hall–Kier alpha value is -3.24. The van der Waals surface area contributed by atoms with Crippen LogP contribution in [0.4, 0.5) is 6.01 Å². The van der Waals surface area contributed by atoms with E-state index in [-0.39, 0.29) is 22.4 Å². The number of carbonyl (C=O) groups is 1. The lowest BCUT2D eigenvalue weighted by Crippen LogP contribution is -2.32. The van der Waals surface area contributed by atoms with E-state index in [2.05, 4.69) is 15.5 Å².